The number of nitrogens with one attached hydrogen (secondary N) is 1. The number of piperidine rings is 1. The molecule has 0 spiro atoms. The van der Waals surface area contributed by atoms with Gasteiger partial charge in [0, 0.05) is 13.1 Å². The van der Waals surface area contributed by atoms with E-state index in [1.807, 2.05) is 0 Å². The molecule has 1 rings (SSSR count). The Labute approximate surface area is 111 Å². The quantitative estimate of drug-likeness (QED) is 0.759. The lowest BCUT2D eigenvalue weighted by Crippen LogP contribution is -2.43. The van der Waals surface area contributed by atoms with Crippen molar-refractivity contribution in [2.24, 2.45) is 17.3 Å². The standard InChI is InChI=1S/C14H28N2O2/c1-11(13(17)18)9-15-10-14(2,3)12-5-7-16(4)8-6-12/h11-12,15H,5-10H2,1-4H3,(H,17,18). The third kappa shape index (κ3) is 4.58. The fourth-order valence-corrected chi connectivity index (χ4v) is 2.63. The zero-order chi connectivity index (χ0) is 13.8. The molecule has 2 N–H and O–H groups in total. The zero-order valence-corrected chi connectivity index (χ0v) is 12.2. The van der Waals surface area contributed by atoms with Crippen molar-refractivity contribution >= 4 is 5.97 Å². The van der Waals surface area contributed by atoms with Gasteiger partial charge in [0.1, 0.15) is 0 Å². The molecule has 1 heterocycles. The number of hydrogen-bond acceptors (Lipinski definition) is 3. The molecule has 0 radical (unpaired) electrons. The Bertz CT molecular complexity index is 271. The molecule has 106 valence electrons. The summed E-state index contributed by atoms with van der Waals surface area (Å²) in [7, 11) is 2.18. The smallest absolute Gasteiger partial charge is 0.307 e. The summed E-state index contributed by atoms with van der Waals surface area (Å²) in [6, 6.07) is 0. The number of carboxylic acids is 1. The summed E-state index contributed by atoms with van der Waals surface area (Å²) in [5.41, 5.74) is 0.249. The van der Waals surface area contributed by atoms with Crippen LogP contribution in [0.2, 0.25) is 0 Å². The Morgan fingerprint density at radius 3 is 2.50 bits per heavy atom. The molecule has 1 fully saturated rings. The maximum atomic E-state index is 10.7. The lowest BCUT2D eigenvalue weighted by atomic mass is 9.73. The predicted molar refractivity (Wildman–Crippen MR) is 73.7 cm³/mol. The lowest BCUT2D eigenvalue weighted by molar-refractivity contribution is -0.141. The van der Waals surface area contributed by atoms with Gasteiger partial charge in [-0.3, -0.25) is 4.79 Å². The first-order valence-electron chi connectivity index (χ1n) is 6.95. The number of rotatable bonds is 6. The van der Waals surface area contributed by atoms with E-state index in [2.05, 4.69) is 31.1 Å². The van der Waals surface area contributed by atoms with Crippen LogP contribution in [0.1, 0.15) is 33.6 Å². The molecule has 4 nitrogen and oxygen atoms in total. The molecule has 0 aromatic heterocycles. The van der Waals surface area contributed by atoms with E-state index < -0.39 is 5.97 Å². The van der Waals surface area contributed by atoms with Crippen molar-refractivity contribution < 1.29 is 9.90 Å². The maximum Gasteiger partial charge on any atom is 0.307 e. The fourth-order valence-electron chi connectivity index (χ4n) is 2.63. The molecule has 0 aromatic carbocycles. The molecule has 0 bridgehead atoms. The first kappa shape index (κ1) is 15.4. The van der Waals surface area contributed by atoms with Crippen molar-refractivity contribution in [3.8, 4) is 0 Å². The summed E-state index contributed by atoms with van der Waals surface area (Å²) >= 11 is 0. The molecule has 1 aliphatic rings. The molecular formula is C14H28N2O2. The van der Waals surface area contributed by atoms with Crippen LogP contribution < -0.4 is 5.32 Å². The van der Waals surface area contributed by atoms with Crippen LogP contribution >= 0.6 is 0 Å². The minimum absolute atomic E-state index is 0.249. The molecule has 0 aromatic rings. The molecule has 0 saturated carbocycles. The Hall–Kier alpha value is -0.610. The number of hydrogen-bond donors (Lipinski definition) is 2. The number of carbonyl (C=O) groups is 1. The molecule has 4 heteroatoms. The first-order valence-corrected chi connectivity index (χ1v) is 6.95. The summed E-state index contributed by atoms with van der Waals surface area (Å²) in [5, 5.41) is 12.2. The fraction of sp³-hybridized carbons (Fsp3) is 0.929. The molecule has 1 atom stereocenters. The van der Waals surface area contributed by atoms with Crippen LogP contribution in [-0.2, 0) is 4.79 Å². The minimum Gasteiger partial charge on any atom is -0.481 e. The van der Waals surface area contributed by atoms with E-state index >= 15 is 0 Å². The second-order valence-corrected chi connectivity index (χ2v) is 6.44. The van der Waals surface area contributed by atoms with Gasteiger partial charge in [0.25, 0.3) is 0 Å². The highest BCUT2D eigenvalue weighted by atomic mass is 16.4. The van der Waals surface area contributed by atoms with Crippen LogP contribution in [0.5, 0.6) is 0 Å². The van der Waals surface area contributed by atoms with Crippen molar-refractivity contribution in [3.05, 3.63) is 0 Å². The average Bonchev–Trinajstić information content (AvgIpc) is 2.29. The third-order valence-electron chi connectivity index (χ3n) is 4.28. The Balaban J connectivity index is 2.33. The van der Waals surface area contributed by atoms with Gasteiger partial charge in [0.2, 0.25) is 0 Å². The van der Waals surface area contributed by atoms with E-state index in [1.54, 1.807) is 6.92 Å². The van der Waals surface area contributed by atoms with Crippen molar-refractivity contribution in [1.82, 2.24) is 10.2 Å². The van der Waals surface area contributed by atoms with E-state index in [1.165, 1.54) is 25.9 Å². The minimum atomic E-state index is -0.723. The zero-order valence-electron chi connectivity index (χ0n) is 12.2. The lowest BCUT2D eigenvalue weighted by Gasteiger charge is -2.40. The van der Waals surface area contributed by atoms with E-state index in [-0.39, 0.29) is 11.3 Å². The Kier molecular flexibility index (Phi) is 5.60. The van der Waals surface area contributed by atoms with Crippen molar-refractivity contribution in [2.75, 3.05) is 33.2 Å². The highest BCUT2D eigenvalue weighted by Crippen LogP contribution is 2.34. The Morgan fingerprint density at radius 2 is 2.00 bits per heavy atom. The summed E-state index contributed by atoms with van der Waals surface area (Å²) < 4.78 is 0. The van der Waals surface area contributed by atoms with Crippen LogP contribution in [-0.4, -0.2) is 49.2 Å². The normalized spacial score (nSPS) is 20.9. The van der Waals surface area contributed by atoms with Gasteiger partial charge >= 0.3 is 5.97 Å². The van der Waals surface area contributed by atoms with Gasteiger partial charge in [-0.2, -0.15) is 0 Å². The van der Waals surface area contributed by atoms with E-state index in [0.717, 1.165) is 12.5 Å². The van der Waals surface area contributed by atoms with E-state index in [4.69, 9.17) is 5.11 Å². The van der Waals surface area contributed by atoms with Gasteiger partial charge in [-0.1, -0.05) is 20.8 Å². The summed E-state index contributed by atoms with van der Waals surface area (Å²) in [5.74, 6) is -0.292. The average molecular weight is 256 g/mol. The van der Waals surface area contributed by atoms with Gasteiger partial charge in [-0.25, -0.2) is 0 Å². The highest BCUT2D eigenvalue weighted by Gasteiger charge is 2.31. The van der Waals surface area contributed by atoms with Gasteiger partial charge < -0.3 is 15.3 Å². The van der Waals surface area contributed by atoms with Crippen LogP contribution in [0.15, 0.2) is 0 Å². The SMILES string of the molecule is CC(CNCC(C)(C)C1CCN(C)CC1)C(=O)O. The largest absolute Gasteiger partial charge is 0.481 e. The number of likely N-dealkylation sites (tertiary alicyclic amines) is 1. The molecular weight excluding hydrogens is 228 g/mol. The second kappa shape index (κ2) is 6.53. The van der Waals surface area contributed by atoms with Gasteiger partial charge in [-0.05, 0) is 44.3 Å². The molecule has 0 aliphatic carbocycles. The summed E-state index contributed by atoms with van der Waals surface area (Å²) in [4.78, 5) is 13.1. The van der Waals surface area contributed by atoms with Crippen LogP contribution in [0.25, 0.3) is 0 Å². The van der Waals surface area contributed by atoms with Gasteiger partial charge in [-0.15, -0.1) is 0 Å². The van der Waals surface area contributed by atoms with E-state index in [0.29, 0.717) is 6.54 Å². The highest BCUT2D eigenvalue weighted by molar-refractivity contribution is 5.69. The van der Waals surface area contributed by atoms with Gasteiger partial charge in [0.05, 0.1) is 5.92 Å². The summed E-state index contributed by atoms with van der Waals surface area (Å²) in [6.45, 7) is 10.2. The van der Waals surface area contributed by atoms with Crippen molar-refractivity contribution in [2.45, 2.75) is 33.6 Å². The number of nitrogens with zero attached hydrogens (tertiary/aromatic N) is 1. The second-order valence-electron chi connectivity index (χ2n) is 6.44. The Morgan fingerprint density at radius 1 is 1.44 bits per heavy atom. The number of aliphatic carboxylic acids is 1. The van der Waals surface area contributed by atoms with Gasteiger partial charge in [0.15, 0.2) is 0 Å². The first-order chi connectivity index (χ1) is 8.33. The monoisotopic (exact) mass is 256 g/mol. The molecule has 1 saturated heterocycles. The molecule has 1 aliphatic heterocycles. The van der Waals surface area contributed by atoms with Crippen molar-refractivity contribution in [3.63, 3.8) is 0 Å². The number of carboxylic acid groups (broad SMARTS) is 1. The maximum absolute atomic E-state index is 10.7. The molecule has 18 heavy (non-hydrogen) atoms. The predicted octanol–water partition coefficient (Wildman–Crippen LogP) is 1.66. The topological polar surface area (TPSA) is 52.6 Å². The van der Waals surface area contributed by atoms with Crippen LogP contribution in [0, 0.1) is 17.3 Å². The molecule has 1 unspecified atom stereocenters. The van der Waals surface area contributed by atoms with E-state index in [9.17, 15) is 4.79 Å². The third-order valence-corrected chi connectivity index (χ3v) is 4.28. The van der Waals surface area contributed by atoms with Crippen molar-refractivity contribution in [1.29, 1.82) is 0 Å². The van der Waals surface area contributed by atoms with Crippen LogP contribution in [0.3, 0.4) is 0 Å². The summed E-state index contributed by atoms with van der Waals surface area (Å²) in [6.07, 6.45) is 2.50. The molecule has 0 amide bonds. The van der Waals surface area contributed by atoms with Crippen LogP contribution in [0.4, 0.5) is 0 Å².